The lowest BCUT2D eigenvalue weighted by atomic mass is 10.2. The first-order valence-electron chi connectivity index (χ1n) is 4.37. The lowest BCUT2D eigenvalue weighted by molar-refractivity contribution is -0.0448. The smallest absolute Gasteiger partial charge is 0.477 e. The van der Waals surface area contributed by atoms with Gasteiger partial charge in [-0.1, -0.05) is 6.07 Å². The molecule has 0 aliphatic heterocycles. The fraction of sp³-hybridized carbons (Fsp3) is 0.250. The van der Waals surface area contributed by atoms with E-state index in [1.807, 2.05) is 0 Å². The predicted molar refractivity (Wildman–Crippen MR) is 53.0 cm³/mol. The number of carboxylic acid groups (broad SMARTS) is 1. The van der Waals surface area contributed by atoms with Gasteiger partial charge in [-0.25, -0.2) is 22.9 Å². The van der Waals surface area contributed by atoms with Crippen molar-refractivity contribution in [2.24, 2.45) is 0 Å². The van der Waals surface area contributed by atoms with Crippen LogP contribution in [0.2, 0.25) is 0 Å². The number of aromatic nitrogens is 1. The van der Waals surface area contributed by atoms with Crippen LogP contribution in [0.3, 0.4) is 0 Å². The highest BCUT2D eigenvalue weighted by Gasteiger charge is 2.45. The van der Waals surface area contributed by atoms with E-state index < -0.39 is 28.0 Å². The monoisotopic (exact) mass is 284 g/mol. The summed E-state index contributed by atoms with van der Waals surface area (Å²) in [4.78, 5) is 13.9. The third kappa shape index (κ3) is 3.40. The molecule has 0 amide bonds. The highest BCUT2D eigenvalue weighted by Crippen LogP contribution is 2.21. The topological polar surface area (TPSA) is 96.4 Å². The number of pyridine rings is 1. The van der Waals surface area contributed by atoms with Crippen molar-refractivity contribution in [2.45, 2.75) is 12.1 Å². The average Bonchev–Trinajstić information content (AvgIpc) is 2.25. The molecule has 1 aromatic heterocycles. The van der Waals surface area contributed by atoms with Gasteiger partial charge in [-0.15, -0.1) is 0 Å². The summed E-state index contributed by atoms with van der Waals surface area (Å²) < 4.78 is 58.5. The highest BCUT2D eigenvalue weighted by molar-refractivity contribution is 7.90. The zero-order chi connectivity index (χ0) is 14.0. The van der Waals surface area contributed by atoms with Crippen LogP contribution in [0.1, 0.15) is 16.1 Å². The number of sulfonamides is 1. The largest absolute Gasteiger partial charge is 0.511 e. The predicted octanol–water partition coefficient (Wildman–Crippen LogP) is 0.719. The van der Waals surface area contributed by atoms with Crippen molar-refractivity contribution in [3.63, 3.8) is 0 Å². The fourth-order valence-corrected chi connectivity index (χ4v) is 1.44. The Bertz CT molecular complexity index is 538. The van der Waals surface area contributed by atoms with Gasteiger partial charge in [-0.3, -0.25) is 0 Å². The molecule has 10 heteroatoms. The van der Waals surface area contributed by atoms with Gasteiger partial charge < -0.3 is 5.11 Å². The molecule has 1 aromatic rings. The van der Waals surface area contributed by atoms with E-state index >= 15 is 0 Å². The molecule has 0 saturated heterocycles. The SMILES string of the molecule is O=C(O)c1ccc(CNS(=O)(=O)C(F)(F)F)cn1. The van der Waals surface area contributed by atoms with E-state index in [4.69, 9.17) is 5.11 Å². The first-order valence-corrected chi connectivity index (χ1v) is 5.86. The number of hydrogen-bond acceptors (Lipinski definition) is 4. The third-order valence-corrected chi connectivity index (χ3v) is 2.95. The summed E-state index contributed by atoms with van der Waals surface area (Å²) >= 11 is 0. The van der Waals surface area contributed by atoms with E-state index in [0.29, 0.717) is 0 Å². The van der Waals surface area contributed by atoms with Crippen LogP contribution >= 0.6 is 0 Å². The second-order valence-electron chi connectivity index (χ2n) is 3.13. The van der Waals surface area contributed by atoms with E-state index in [1.54, 1.807) is 0 Å². The molecular weight excluding hydrogens is 277 g/mol. The molecule has 100 valence electrons. The number of halogens is 3. The molecule has 1 rings (SSSR count). The van der Waals surface area contributed by atoms with Gasteiger partial charge in [0.25, 0.3) is 0 Å². The Labute approximate surface area is 99.5 Å². The molecule has 0 aromatic carbocycles. The van der Waals surface area contributed by atoms with Crippen LogP contribution in [0.15, 0.2) is 18.3 Å². The number of alkyl halides is 3. The minimum Gasteiger partial charge on any atom is -0.477 e. The summed E-state index contributed by atoms with van der Waals surface area (Å²) in [5.41, 5.74) is -5.58. The van der Waals surface area contributed by atoms with E-state index in [1.165, 1.54) is 4.72 Å². The van der Waals surface area contributed by atoms with Gasteiger partial charge in [0.1, 0.15) is 5.69 Å². The number of carboxylic acids is 1. The first-order chi connectivity index (χ1) is 8.13. The van der Waals surface area contributed by atoms with Gasteiger partial charge in [0.2, 0.25) is 0 Å². The second-order valence-corrected chi connectivity index (χ2v) is 4.89. The molecule has 0 unspecified atom stereocenters. The van der Waals surface area contributed by atoms with Crippen molar-refractivity contribution in [3.05, 3.63) is 29.6 Å². The van der Waals surface area contributed by atoms with Crippen molar-refractivity contribution in [2.75, 3.05) is 0 Å². The van der Waals surface area contributed by atoms with Crippen LogP contribution in [0, 0.1) is 0 Å². The minimum absolute atomic E-state index is 0.104. The quantitative estimate of drug-likeness (QED) is 0.849. The summed E-state index contributed by atoms with van der Waals surface area (Å²) in [6.45, 7) is -0.630. The van der Waals surface area contributed by atoms with Crippen molar-refractivity contribution in [3.8, 4) is 0 Å². The number of carbonyl (C=O) groups is 1. The molecule has 0 saturated carbocycles. The van der Waals surface area contributed by atoms with Crippen LogP contribution in [0.25, 0.3) is 0 Å². The maximum Gasteiger partial charge on any atom is 0.511 e. The van der Waals surface area contributed by atoms with Crippen molar-refractivity contribution in [1.82, 2.24) is 9.71 Å². The van der Waals surface area contributed by atoms with Crippen LogP contribution in [0.5, 0.6) is 0 Å². The van der Waals surface area contributed by atoms with E-state index in [9.17, 15) is 26.4 Å². The molecule has 0 aliphatic carbocycles. The standard InChI is InChI=1S/C8H7F3N2O4S/c9-8(10,11)18(16,17)13-4-5-1-2-6(7(14)15)12-3-5/h1-3,13H,4H2,(H,14,15). The van der Waals surface area contributed by atoms with Crippen molar-refractivity contribution < 1.29 is 31.5 Å². The molecule has 18 heavy (non-hydrogen) atoms. The van der Waals surface area contributed by atoms with E-state index in [2.05, 4.69) is 4.98 Å². The van der Waals surface area contributed by atoms with E-state index in [-0.39, 0.29) is 11.3 Å². The number of aromatic carboxylic acids is 1. The molecular formula is C8H7F3N2O4S. The Kier molecular flexibility index (Phi) is 3.92. The van der Waals surface area contributed by atoms with Gasteiger partial charge >= 0.3 is 21.5 Å². The normalized spacial score (nSPS) is 12.4. The molecule has 0 fully saturated rings. The Hall–Kier alpha value is -1.68. The van der Waals surface area contributed by atoms with Gasteiger partial charge in [-0.2, -0.15) is 13.2 Å². The van der Waals surface area contributed by atoms with Crippen LogP contribution in [-0.2, 0) is 16.6 Å². The Morgan fingerprint density at radius 1 is 1.39 bits per heavy atom. The van der Waals surface area contributed by atoms with Gasteiger partial charge in [-0.05, 0) is 11.6 Å². The lowest BCUT2D eigenvalue weighted by Crippen LogP contribution is -2.36. The van der Waals surface area contributed by atoms with E-state index in [0.717, 1.165) is 18.3 Å². The molecule has 2 N–H and O–H groups in total. The van der Waals surface area contributed by atoms with Gasteiger partial charge in [0.15, 0.2) is 0 Å². The Balaban J connectivity index is 2.74. The second kappa shape index (κ2) is 4.90. The fourth-order valence-electron chi connectivity index (χ4n) is 0.916. The first kappa shape index (κ1) is 14.4. The number of rotatable bonds is 4. The minimum atomic E-state index is -5.42. The molecule has 6 nitrogen and oxygen atoms in total. The lowest BCUT2D eigenvalue weighted by Gasteiger charge is -2.09. The Morgan fingerprint density at radius 3 is 2.39 bits per heavy atom. The zero-order valence-electron chi connectivity index (χ0n) is 8.60. The third-order valence-electron chi connectivity index (χ3n) is 1.81. The maximum atomic E-state index is 12.0. The Morgan fingerprint density at radius 2 is 2.00 bits per heavy atom. The van der Waals surface area contributed by atoms with Crippen LogP contribution in [-0.4, -0.2) is 30.0 Å². The van der Waals surface area contributed by atoms with Gasteiger partial charge in [0, 0.05) is 12.7 Å². The number of nitrogens with one attached hydrogen (secondary N) is 1. The molecule has 0 spiro atoms. The van der Waals surface area contributed by atoms with Crippen molar-refractivity contribution >= 4 is 16.0 Å². The zero-order valence-corrected chi connectivity index (χ0v) is 9.42. The average molecular weight is 284 g/mol. The molecule has 1 heterocycles. The maximum absolute atomic E-state index is 12.0. The molecule has 0 radical (unpaired) electrons. The van der Waals surface area contributed by atoms with Crippen LogP contribution < -0.4 is 4.72 Å². The summed E-state index contributed by atoms with van der Waals surface area (Å²) in [6, 6.07) is 2.22. The summed E-state index contributed by atoms with van der Waals surface area (Å²) in [5.74, 6) is -1.29. The molecule has 0 bridgehead atoms. The van der Waals surface area contributed by atoms with Crippen LogP contribution in [0.4, 0.5) is 13.2 Å². The number of nitrogens with zero attached hydrogens (tertiary/aromatic N) is 1. The molecule has 0 aliphatic rings. The summed E-state index contributed by atoms with van der Waals surface area (Å²) in [6.07, 6.45) is 0.975. The summed E-state index contributed by atoms with van der Waals surface area (Å²) in [5, 5.41) is 8.52. The summed E-state index contributed by atoms with van der Waals surface area (Å²) in [7, 11) is -5.42. The molecule has 0 atom stereocenters. The highest BCUT2D eigenvalue weighted by atomic mass is 32.2. The van der Waals surface area contributed by atoms with Gasteiger partial charge in [0.05, 0.1) is 0 Å². The number of hydrogen-bond donors (Lipinski definition) is 2. The van der Waals surface area contributed by atoms with Crippen molar-refractivity contribution in [1.29, 1.82) is 0 Å².